The summed E-state index contributed by atoms with van der Waals surface area (Å²) in [5.74, 6) is 0.134. The summed E-state index contributed by atoms with van der Waals surface area (Å²) in [6, 6.07) is 11.2. The lowest BCUT2D eigenvalue weighted by atomic mass is 9.93. The number of methoxy groups -OCH3 is 2. The number of halogens is 1. The van der Waals surface area contributed by atoms with Gasteiger partial charge in [0.15, 0.2) is 11.5 Å². The molecule has 2 aromatic carbocycles. The van der Waals surface area contributed by atoms with E-state index < -0.39 is 12.0 Å². The molecule has 0 saturated carbocycles. The Bertz CT molecular complexity index is 1020. The minimum absolute atomic E-state index is 0.0573. The van der Waals surface area contributed by atoms with Gasteiger partial charge in [-0.2, -0.15) is 0 Å². The van der Waals surface area contributed by atoms with E-state index >= 15 is 0 Å². The van der Waals surface area contributed by atoms with Gasteiger partial charge in [0, 0.05) is 36.9 Å². The van der Waals surface area contributed by atoms with Crippen molar-refractivity contribution in [3.05, 3.63) is 52.5 Å². The molecular weight excluding hydrogens is 432 g/mol. The van der Waals surface area contributed by atoms with Crippen molar-refractivity contribution in [1.29, 1.82) is 0 Å². The molecule has 170 valence electrons. The van der Waals surface area contributed by atoms with Crippen LogP contribution in [0.15, 0.2) is 36.4 Å². The van der Waals surface area contributed by atoms with E-state index in [0.717, 1.165) is 16.8 Å². The van der Waals surface area contributed by atoms with Gasteiger partial charge in [-0.3, -0.25) is 9.59 Å². The molecule has 2 atom stereocenters. The number of carbonyl (C=O) groups is 2. The van der Waals surface area contributed by atoms with Crippen LogP contribution >= 0.6 is 11.6 Å². The first-order valence-corrected chi connectivity index (χ1v) is 11.0. The highest BCUT2D eigenvalue weighted by molar-refractivity contribution is 6.30. The third-order valence-corrected chi connectivity index (χ3v) is 6.40. The van der Waals surface area contributed by atoms with Crippen molar-refractivity contribution in [2.45, 2.75) is 19.4 Å². The van der Waals surface area contributed by atoms with Crippen LogP contribution in [0.5, 0.6) is 11.5 Å². The van der Waals surface area contributed by atoms with Crippen LogP contribution in [0.2, 0.25) is 5.02 Å². The summed E-state index contributed by atoms with van der Waals surface area (Å²) in [4.78, 5) is 29.6. The summed E-state index contributed by atoms with van der Waals surface area (Å²) in [7, 11) is 3.11. The van der Waals surface area contributed by atoms with Crippen LogP contribution in [0.4, 0.5) is 5.69 Å². The zero-order chi connectivity index (χ0) is 22.8. The highest BCUT2D eigenvalue weighted by atomic mass is 35.5. The summed E-state index contributed by atoms with van der Waals surface area (Å²) in [5.41, 5.74) is 2.96. The molecule has 0 aliphatic carbocycles. The molecule has 7 nitrogen and oxygen atoms in total. The summed E-state index contributed by atoms with van der Waals surface area (Å²) in [5, 5.41) is 0.698. The maximum absolute atomic E-state index is 13.4. The smallest absolute Gasteiger partial charge is 0.307 e. The molecule has 0 unspecified atom stereocenters. The van der Waals surface area contributed by atoms with Crippen molar-refractivity contribution >= 4 is 29.2 Å². The van der Waals surface area contributed by atoms with Crippen LogP contribution in [0.3, 0.4) is 0 Å². The van der Waals surface area contributed by atoms with Gasteiger partial charge in [-0.25, -0.2) is 0 Å². The van der Waals surface area contributed by atoms with Crippen molar-refractivity contribution in [3.8, 4) is 11.5 Å². The summed E-state index contributed by atoms with van der Waals surface area (Å²) in [6.07, 6.45) is -0.561. The van der Waals surface area contributed by atoms with Gasteiger partial charge in [-0.05, 0) is 42.3 Å². The molecule has 2 fully saturated rings. The van der Waals surface area contributed by atoms with Crippen LogP contribution in [0.25, 0.3) is 0 Å². The third kappa shape index (κ3) is 4.35. The van der Waals surface area contributed by atoms with E-state index in [1.807, 2.05) is 29.2 Å². The number of benzene rings is 2. The van der Waals surface area contributed by atoms with E-state index in [4.69, 9.17) is 25.8 Å². The second-order valence-corrected chi connectivity index (χ2v) is 8.52. The predicted molar refractivity (Wildman–Crippen MR) is 121 cm³/mol. The molecule has 0 radical (unpaired) electrons. The van der Waals surface area contributed by atoms with Gasteiger partial charge in [0.05, 0.1) is 26.6 Å². The van der Waals surface area contributed by atoms with Gasteiger partial charge in [0.2, 0.25) is 5.91 Å². The molecule has 2 aliphatic rings. The maximum atomic E-state index is 13.4. The maximum Gasteiger partial charge on any atom is 0.307 e. The van der Waals surface area contributed by atoms with E-state index in [9.17, 15) is 9.59 Å². The average Bonchev–Trinajstić information content (AvgIpc) is 3.21. The summed E-state index contributed by atoms with van der Waals surface area (Å²) >= 11 is 6.18. The number of anilines is 1. The Hall–Kier alpha value is -2.93. The second-order valence-electron chi connectivity index (χ2n) is 8.08. The Morgan fingerprint density at radius 1 is 1.03 bits per heavy atom. The Morgan fingerprint density at radius 2 is 1.75 bits per heavy atom. The number of cyclic esters (lactones) is 1. The number of piperazine rings is 1. The number of amides is 1. The lowest BCUT2D eigenvalue weighted by Crippen LogP contribution is -2.50. The van der Waals surface area contributed by atoms with Crippen LogP contribution in [0.1, 0.15) is 23.7 Å². The SMILES string of the molecule is COc1ccc([C@@H]2OC(=O)C[C@H]2C(=O)N2CCN(c3cc(Cl)ccc3C)CC2)cc1OC. The number of carbonyl (C=O) groups excluding carboxylic acids is 2. The standard InChI is InChI=1S/C24H27ClN2O5/c1-15-4-6-17(25)13-19(15)26-8-10-27(11-9-26)24(29)18-14-22(28)32-23(18)16-5-7-20(30-2)21(12-16)31-3/h4-7,12-13,18,23H,8-11,14H2,1-3H3/t18-,23+/m1/s1. The minimum atomic E-state index is -0.636. The summed E-state index contributed by atoms with van der Waals surface area (Å²) < 4.78 is 16.2. The minimum Gasteiger partial charge on any atom is -0.493 e. The Morgan fingerprint density at radius 3 is 2.44 bits per heavy atom. The number of esters is 1. The number of aryl methyl sites for hydroxylation is 1. The van der Waals surface area contributed by atoms with E-state index in [-0.39, 0.29) is 18.3 Å². The Labute approximate surface area is 192 Å². The fourth-order valence-corrected chi connectivity index (χ4v) is 4.60. The monoisotopic (exact) mass is 458 g/mol. The quantitative estimate of drug-likeness (QED) is 0.637. The van der Waals surface area contributed by atoms with Crippen LogP contribution in [-0.4, -0.2) is 57.2 Å². The first-order chi connectivity index (χ1) is 15.4. The van der Waals surface area contributed by atoms with Crippen LogP contribution in [0, 0.1) is 12.8 Å². The molecule has 2 heterocycles. The number of nitrogens with zero attached hydrogens (tertiary/aromatic N) is 2. The molecule has 2 aliphatic heterocycles. The molecule has 0 N–H and O–H groups in total. The van der Waals surface area contributed by atoms with E-state index in [1.54, 1.807) is 26.4 Å². The molecular formula is C24H27ClN2O5. The highest BCUT2D eigenvalue weighted by Crippen LogP contribution is 2.40. The lowest BCUT2D eigenvalue weighted by Gasteiger charge is -2.38. The predicted octanol–water partition coefficient (Wildman–Crippen LogP) is 3.62. The number of ether oxygens (including phenoxy) is 3. The van der Waals surface area contributed by atoms with E-state index in [0.29, 0.717) is 42.7 Å². The first kappa shape index (κ1) is 22.3. The zero-order valence-corrected chi connectivity index (χ0v) is 19.2. The largest absolute Gasteiger partial charge is 0.493 e. The Balaban J connectivity index is 1.48. The third-order valence-electron chi connectivity index (χ3n) is 6.17. The molecule has 2 saturated heterocycles. The fourth-order valence-electron chi connectivity index (χ4n) is 4.43. The molecule has 2 aromatic rings. The fraction of sp³-hybridized carbons (Fsp3) is 0.417. The van der Waals surface area contributed by atoms with Gasteiger partial charge in [-0.1, -0.05) is 23.7 Å². The average molecular weight is 459 g/mol. The van der Waals surface area contributed by atoms with E-state index in [1.165, 1.54) is 0 Å². The molecule has 8 heteroatoms. The zero-order valence-electron chi connectivity index (χ0n) is 18.5. The normalized spacial score (nSPS) is 20.8. The van der Waals surface area contributed by atoms with Crippen LogP contribution in [-0.2, 0) is 14.3 Å². The van der Waals surface area contributed by atoms with Crippen LogP contribution < -0.4 is 14.4 Å². The van der Waals surface area contributed by atoms with Crippen molar-refractivity contribution in [2.75, 3.05) is 45.3 Å². The summed E-state index contributed by atoms with van der Waals surface area (Å²) in [6.45, 7) is 4.62. The first-order valence-electron chi connectivity index (χ1n) is 10.6. The van der Waals surface area contributed by atoms with Crippen molar-refractivity contribution in [3.63, 3.8) is 0 Å². The van der Waals surface area contributed by atoms with Crippen molar-refractivity contribution in [2.24, 2.45) is 5.92 Å². The molecule has 4 rings (SSSR count). The molecule has 0 bridgehead atoms. The molecule has 0 spiro atoms. The van der Waals surface area contributed by atoms with Gasteiger partial charge >= 0.3 is 5.97 Å². The van der Waals surface area contributed by atoms with Crippen molar-refractivity contribution in [1.82, 2.24) is 4.90 Å². The number of rotatable bonds is 5. The van der Waals surface area contributed by atoms with Gasteiger partial charge < -0.3 is 24.0 Å². The van der Waals surface area contributed by atoms with Gasteiger partial charge in [-0.15, -0.1) is 0 Å². The lowest BCUT2D eigenvalue weighted by molar-refractivity contribution is -0.142. The molecule has 32 heavy (non-hydrogen) atoms. The second kappa shape index (κ2) is 9.28. The number of hydrogen-bond donors (Lipinski definition) is 0. The molecule has 0 aromatic heterocycles. The topological polar surface area (TPSA) is 68.3 Å². The highest BCUT2D eigenvalue weighted by Gasteiger charge is 2.43. The van der Waals surface area contributed by atoms with Gasteiger partial charge in [0.25, 0.3) is 0 Å². The molecule has 1 amide bonds. The van der Waals surface area contributed by atoms with E-state index in [2.05, 4.69) is 11.8 Å². The Kier molecular flexibility index (Phi) is 6.46. The van der Waals surface area contributed by atoms with Crippen molar-refractivity contribution < 1.29 is 23.8 Å². The van der Waals surface area contributed by atoms with Gasteiger partial charge in [0.1, 0.15) is 6.10 Å². The number of hydrogen-bond acceptors (Lipinski definition) is 6.